The maximum Gasteiger partial charge on any atom is 0.251 e. The van der Waals surface area contributed by atoms with Crippen LogP contribution < -0.4 is 5.56 Å². The summed E-state index contributed by atoms with van der Waals surface area (Å²) in [4.78, 5) is 49.1. The van der Waals surface area contributed by atoms with Gasteiger partial charge in [-0.1, -0.05) is 20.8 Å². The van der Waals surface area contributed by atoms with Crippen LogP contribution in [0.5, 0.6) is 0 Å². The van der Waals surface area contributed by atoms with Crippen molar-refractivity contribution in [2.45, 2.75) is 71.1 Å². The molecule has 3 heterocycles. The van der Waals surface area contributed by atoms with Gasteiger partial charge in [0.15, 0.2) is 0 Å². The second kappa shape index (κ2) is 8.16. The number of piperidine rings is 2. The van der Waals surface area contributed by atoms with Gasteiger partial charge in [-0.15, -0.1) is 0 Å². The summed E-state index contributed by atoms with van der Waals surface area (Å²) in [7, 11) is 0. The van der Waals surface area contributed by atoms with E-state index in [-0.39, 0.29) is 29.2 Å². The molecule has 3 fully saturated rings. The molecule has 1 aromatic rings. The number of carbonyl (C=O) groups is 2. The second-order valence-corrected chi connectivity index (χ2v) is 10.3. The van der Waals surface area contributed by atoms with Crippen molar-refractivity contribution in [3.8, 4) is 0 Å². The molecule has 3 aliphatic rings. The lowest BCUT2D eigenvalue weighted by molar-refractivity contribution is -0.140. The predicted octanol–water partition coefficient (Wildman–Crippen LogP) is 2.64. The van der Waals surface area contributed by atoms with E-state index >= 15 is 0 Å². The Morgan fingerprint density at radius 1 is 1.00 bits per heavy atom. The summed E-state index contributed by atoms with van der Waals surface area (Å²) in [5.74, 6) is 1.74. The van der Waals surface area contributed by atoms with Gasteiger partial charge in [0.25, 0.3) is 5.56 Å². The highest BCUT2D eigenvalue weighted by atomic mass is 16.2. The van der Waals surface area contributed by atoms with Gasteiger partial charge in [0.2, 0.25) is 11.8 Å². The molecule has 7 heteroatoms. The smallest absolute Gasteiger partial charge is 0.251 e. The normalized spacial score (nSPS) is 23.5. The van der Waals surface area contributed by atoms with Gasteiger partial charge in [0.05, 0.1) is 5.69 Å². The van der Waals surface area contributed by atoms with Crippen LogP contribution in [0.2, 0.25) is 0 Å². The number of aromatic nitrogens is 2. The highest BCUT2D eigenvalue weighted by molar-refractivity contribution is 5.82. The van der Waals surface area contributed by atoms with Gasteiger partial charge in [0, 0.05) is 55.4 Å². The Balaban J connectivity index is 1.45. The van der Waals surface area contributed by atoms with Crippen molar-refractivity contribution in [2.24, 2.45) is 11.3 Å². The molecule has 2 aliphatic heterocycles. The van der Waals surface area contributed by atoms with E-state index in [1.54, 1.807) is 6.07 Å². The van der Waals surface area contributed by atoms with Crippen molar-refractivity contribution in [3.63, 3.8) is 0 Å². The van der Waals surface area contributed by atoms with Gasteiger partial charge in [-0.25, -0.2) is 4.98 Å². The molecule has 1 N–H and O–H groups in total. The minimum Gasteiger partial charge on any atom is -0.342 e. The third-order valence-electron chi connectivity index (χ3n) is 6.67. The molecule has 0 radical (unpaired) electrons. The standard InChI is InChI=1S/C23H34N4O3/c1-23(2,3)22(30)27-10-4-5-17(14-27)18-13-19(28)25-20(24-18)15-8-11-26(12-9-15)21(29)16-6-7-16/h13,15-17H,4-12,14H2,1-3H3,(H,24,25,28)/t17-/m1/s1. The summed E-state index contributed by atoms with van der Waals surface area (Å²) in [6.45, 7) is 8.72. The molecule has 0 spiro atoms. The number of carbonyl (C=O) groups excluding carboxylic acids is 2. The van der Waals surface area contributed by atoms with Crippen molar-refractivity contribution in [1.82, 2.24) is 19.8 Å². The molecule has 7 nitrogen and oxygen atoms in total. The van der Waals surface area contributed by atoms with Crippen LogP contribution in [0.25, 0.3) is 0 Å². The average molecular weight is 415 g/mol. The molecular formula is C23H34N4O3. The van der Waals surface area contributed by atoms with E-state index in [1.165, 1.54) is 0 Å². The molecule has 1 aliphatic carbocycles. The molecule has 1 saturated carbocycles. The Morgan fingerprint density at radius 3 is 2.33 bits per heavy atom. The monoisotopic (exact) mass is 414 g/mol. The van der Waals surface area contributed by atoms with Gasteiger partial charge >= 0.3 is 0 Å². The Bertz CT molecular complexity index is 860. The van der Waals surface area contributed by atoms with Crippen molar-refractivity contribution in [2.75, 3.05) is 26.2 Å². The number of hydrogen-bond acceptors (Lipinski definition) is 4. The van der Waals surface area contributed by atoms with Crippen LogP contribution >= 0.6 is 0 Å². The lowest BCUT2D eigenvalue weighted by atomic mass is 9.89. The number of H-pyrrole nitrogens is 1. The number of nitrogens with zero attached hydrogens (tertiary/aromatic N) is 3. The van der Waals surface area contributed by atoms with Crippen LogP contribution in [-0.2, 0) is 9.59 Å². The number of likely N-dealkylation sites (tertiary alicyclic amines) is 2. The molecule has 0 aromatic carbocycles. The van der Waals surface area contributed by atoms with E-state index in [1.807, 2.05) is 30.6 Å². The number of nitrogens with one attached hydrogen (secondary N) is 1. The number of aromatic amines is 1. The SMILES string of the molecule is CC(C)(C)C(=O)N1CCC[C@@H](c2cc(=O)[nH]c(C3CCN(C(=O)C4CC4)CC3)n2)C1. The first-order chi connectivity index (χ1) is 14.2. The maximum atomic E-state index is 12.7. The molecule has 0 unspecified atom stereocenters. The van der Waals surface area contributed by atoms with Gasteiger partial charge in [-0.05, 0) is 38.5 Å². The quantitative estimate of drug-likeness (QED) is 0.824. The van der Waals surface area contributed by atoms with Crippen LogP contribution in [0.3, 0.4) is 0 Å². The molecule has 1 atom stereocenters. The second-order valence-electron chi connectivity index (χ2n) is 10.3. The molecule has 2 saturated heterocycles. The van der Waals surface area contributed by atoms with Crippen molar-refractivity contribution < 1.29 is 9.59 Å². The fourth-order valence-electron chi connectivity index (χ4n) is 4.74. The molecule has 4 rings (SSSR count). The molecule has 0 bridgehead atoms. The molecule has 1 aromatic heterocycles. The van der Waals surface area contributed by atoms with Crippen molar-refractivity contribution in [1.29, 1.82) is 0 Å². The summed E-state index contributed by atoms with van der Waals surface area (Å²) in [6, 6.07) is 1.60. The first-order valence-electron chi connectivity index (χ1n) is 11.4. The lowest BCUT2D eigenvalue weighted by Gasteiger charge is -2.36. The van der Waals surface area contributed by atoms with Crippen LogP contribution in [0, 0.1) is 11.3 Å². The van der Waals surface area contributed by atoms with Gasteiger partial charge in [-0.3, -0.25) is 14.4 Å². The van der Waals surface area contributed by atoms with Crippen molar-refractivity contribution in [3.05, 3.63) is 27.9 Å². The summed E-state index contributed by atoms with van der Waals surface area (Å²) < 4.78 is 0. The summed E-state index contributed by atoms with van der Waals surface area (Å²) in [6.07, 6.45) is 5.61. The predicted molar refractivity (Wildman–Crippen MR) is 114 cm³/mol. The van der Waals surface area contributed by atoms with E-state index in [0.29, 0.717) is 12.5 Å². The summed E-state index contributed by atoms with van der Waals surface area (Å²) in [5, 5.41) is 0. The highest BCUT2D eigenvalue weighted by Crippen LogP contribution is 2.34. The number of rotatable bonds is 3. The molecule has 164 valence electrons. The zero-order chi connectivity index (χ0) is 21.5. The largest absolute Gasteiger partial charge is 0.342 e. The van der Waals surface area contributed by atoms with Crippen LogP contribution in [-0.4, -0.2) is 57.8 Å². The first kappa shape index (κ1) is 21.1. The van der Waals surface area contributed by atoms with Crippen LogP contribution in [0.15, 0.2) is 10.9 Å². The molecular weight excluding hydrogens is 380 g/mol. The third-order valence-corrected chi connectivity index (χ3v) is 6.67. The van der Waals surface area contributed by atoms with E-state index in [9.17, 15) is 14.4 Å². The first-order valence-corrected chi connectivity index (χ1v) is 11.4. The Hall–Kier alpha value is -2.18. The number of hydrogen-bond donors (Lipinski definition) is 1. The van der Waals surface area contributed by atoms with E-state index < -0.39 is 5.41 Å². The minimum atomic E-state index is -0.402. The molecule has 30 heavy (non-hydrogen) atoms. The Labute approximate surface area is 178 Å². The average Bonchev–Trinajstić information content (AvgIpc) is 3.57. The van der Waals surface area contributed by atoms with Crippen molar-refractivity contribution >= 4 is 11.8 Å². The van der Waals surface area contributed by atoms with E-state index in [2.05, 4.69) is 4.98 Å². The van der Waals surface area contributed by atoms with E-state index in [0.717, 1.165) is 69.7 Å². The Morgan fingerprint density at radius 2 is 1.70 bits per heavy atom. The topological polar surface area (TPSA) is 86.4 Å². The zero-order valence-electron chi connectivity index (χ0n) is 18.4. The fraction of sp³-hybridized carbons (Fsp3) is 0.739. The van der Waals surface area contributed by atoms with Gasteiger partial charge < -0.3 is 14.8 Å². The van der Waals surface area contributed by atoms with Gasteiger partial charge in [-0.2, -0.15) is 0 Å². The summed E-state index contributed by atoms with van der Waals surface area (Å²) >= 11 is 0. The maximum absolute atomic E-state index is 12.7. The highest BCUT2D eigenvalue weighted by Gasteiger charge is 2.36. The number of amides is 2. The summed E-state index contributed by atoms with van der Waals surface area (Å²) in [5.41, 5.74) is 0.281. The third kappa shape index (κ3) is 4.60. The lowest BCUT2D eigenvalue weighted by Crippen LogP contribution is -2.45. The fourth-order valence-corrected chi connectivity index (χ4v) is 4.74. The van der Waals surface area contributed by atoms with E-state index in [4.69, 9.17) is 4.98 Å². The molecule has 2 amide bonds. The zero-order valence-corrected chi connectivity index (χ0v) is 18.4. The van der Waals surface area contributed by atoms with Crippen LogP contribution in [0.1, 0.15) is 82.7 Å². The minimum absolute atomic E-state index is 0.0997. The Kier molecular flexibility index (Phi) is 5.73. The van der Waals surface area contributed by atoms with Gasteiger partial charge in [0.1, 0.15) is 5.82 Å². The van der Waals surface area contributed by atoms with Crippen LogP contribution in [0.4, 0.5) is 0 Å².